The molecule has 2 saturated heterocycles. The van der Waals surface area contributed by atoms with Crippen LogP contribution in [-0.2, 0) is 16.4 Å². The van der Waals surface area contributed by atoms with Crippen molar-refractivity contribution in [3.63, 3.8) is 0 Å². The summed E-state index contributed by atoms with van der Waals surface area (Å²) in [6.07, 6.45) is 7.51. The van der Waals surface area contributed by atoms with E-state index in [-0.39, 0.29) is 18.1 Å². The number of hydrogen-bond acceptors (Lipinski definition) is 5. The van der Waals surface area contributed by atoms with E-state index < -0.39 is 10.0 Å². The van der Waals surface area contributed by atoms with Gasteiger partial charge in [0.05, 0.1) is 29.9 Å². The number of fused-ring (bicyclic) bond motifs is 3. The number of ether oxygens (including phenoxy) is 1. The van der Waals surface area contributed by atoms with Gasteiger partial charge < -0.3 is 4.74 Å². The van der Waals surface area contributed by atoms with E-state index in [1.807, 2.05) is 0 Å². The largest absolute Gasteiger partial charge is 0.493 e. The number of piperidine rings is 1. The monoisotopic (exact) mass is 360 g/mol. The van der Waals surface area contributed by atoms with Gasteiger partial charge >= 0.3 is 0 Å². The molecule has 2 unspecified atom stereocenters. The molecule has 3 aliphatic heterocycles. The van der Waals surface area contributed by atoms with Gasteiger partial charge in [0.25, 0.3) is 0 Å². The fraction of sp³-hybridized carbons (Fsp3) is 0.529. The first-order valence-corrected chi connectivity index (χ1v) is 10.2. The van der Waals surface area contributed by atoms with Crippen LogP contribution in [0, 0.1) is 0 Å². The molecule has 1 aromatic carbocycles. The van der Waals surface area contributed by atoms with Crippen LogP contribution in [0.15, 0.2) is 35.5 Å². The minimum absolute atomic E-state index is 0.0317. The van der Waals surface area contributed by atoms with Gasteiger partial charge in [0.2, 0.25) is 10.0 Å². The third-order valence-electron chi connectivity index (χ3n) is 5.64. The normalized spacial score (nSPS) is 28.7. The highest BCUT2D eigenvalue weighted by atomic mass is 32.2. The van der Waals surface area contributed by atoms with Crippen LogP contribution >= 0.6 is 0 Å². The van der Waals surface area contributed by atoms with Gasteiger partial charge in [-0.15, -0.1) is 0 Å². The number of aromatic nitrogens is 3. The van der Waals surface area contributed by atoms with Crippen LogP contribution in [0.5, 0.6) is 5.75 Å². The first-order chi connectivity index (χ1) is 12.1. The summed E-state index contributed by atoms with van der Waals surface area (Å²) in [5.74, 6) is 0.811. The number of nitrogens with zero attached hydrogens (tertiary/aromatic N) is 4. The molecule has 0 N–H and O–H groups in total. The van der Waals surface area contributed by atoms with Gasteiger partial charge in [0.15, 0.2) is 0 Å². The molecule has 0 spiro atoms. The smallest absolute Gasteiger partial charge is 0.243 e. The molecule has 7 nitrogen and oxygen atoms in total. The number of sulfonamides is 1. The van der Waals surface area contributed by atoms with Crippen LogP contribution in [0.2, 0.25) is 0 Å². The molecule has 2 bridgehead atoms. The molecule has 2 fully saturated rings. The molecule has 1 aromatic heterocycles. The van der Waals surface area contributed by atoms with E-state index in [4.69, 9.17) is 4.74 Å². The molecule has 4 heterocycles. The molecule has 0 saturated carbocycles. The summed E-state index contributed by atoms with van der Waals surface area (Å²) in [4.78, 5) is 2.13. The van der Waals surface area contributed by atoms with Crippen molar-refractivity contribution in [3.05, 3.63) is 36.2 Å². The van der Waals surface area contributed by atoms with Gasteiger partial charge in [-0.05, 0) is 49.4 Å². The summed E-state index contributed by atoms with van der Waals surface area (Å²) in [6, 6.07) is 5.51. The summed E-state index contributed by atoms with van der Waals surface area (Å²) >= 11 is 0. The molecule has 0 radical (unpaired) electrons. The third kappa shape index (κ3) is 2.38. The second kappa shape index (κ2) is 5.54. The van der Waals surface area contributed by atoms with E-state index in [1.54, 1.807) is 39.7 Å². The second-order valence-corrected chi connectivity index (χ2v) is 8.91. The van der Waals surface area contributed by atoms with E-state index in [2.05, 4.69) is 10.2 Å². The highest BCUT2D eigenvalue weighted by Crippen LogP contribution is 2.43. The van der Waals surface area contributed by atoms with Crippen LogP contribution in [-0.4, -0.2) is 46.4 Å². The Morgan fingerprint density at radius 3 is 2.48 bits per heavy atom. The maximum atomic E-state index is 13.3. The Morgan fingerprint density at radius 1 is 1.04 bits per heavy atom. The molecule has 2 aromatic rings. The average Bonchev–Trinajstić information content (AvgIpc) is 3.33. The van der Waals surface area contributed by atoms with Gasteiger partial charge in [-0.25, -0.2) is 8.42 Å². The van der Waals surface area contributed by atoms with Crippen LogP contribution in [0.1, 0.15) is 37.3 Å². The van der Waals surface area contributed by atoms with Gasteiger partial charge in [0.1, 0.15) is 5.75 Å². The molecule has 0 amide bonds. The van der Waals surface area contributed by atoms with E-state index in [9.17, 15) is 8.42 Å². The zero-order valence-electron chi connectivity index (χ0n) is 13.8. The molecule has 0 aliphatic carbocycles. The highest BCUT2D eigenvalue weighted by Gasteiger charge is 2.48. The fourth-order valence-corrected chi connectivity index (χ4v) is 6.49. The lowest BCUT2D eigenvalue weighted by Crippen LogP contribution is -2.47. The summed E-state index contributed by atoms with van der Waals surface area (Å²) < 4.78 is 33.8. The molecule has 5 rings (SSSR count). The summed E-state index contributed by atoms with van der Waals surface area (Å²) in [6.45, 7) is 0.631. The van der Waals surface area contributed by atoms with Crippen LogP contribution < -0.4 is 4.74 Å². The average molecular weight is 360 g/mol. The fourth-order valence-electron chi connectivity index (χ4n) is 4.55. The van der Waals surface area contributed by atoms with Crippen molar-refractivity contribution in [2.24, 2.45) is 0 Å². The van der Waals surface area contributed by atoms with Crippen LogP contribution in [0.3, 0.4) is 0 Å². The zero-order valence-corrected chi connectivity index (χ0v) is 14.6. The molecule has 132 valence electrons. The minimum atomic E-state index is -3.48. The van der Waals surface area contributed by atoms with Gasteiger partial charge in [0, 0.05) is 18.5 Å². The molecular formula is C17H20N4O3S. The zero-order chi connectivity index (χ0) is 17.0. The number of benzene rings is 1. The SMILES string of the molecule is O=S(=O)(c1ccc2c(c1)CCO2)N1C2CCC1CC(n1nccn1)C2. The van der Waals surface area contributed by atoms with Crippen molar-refractivity contribution in [1.82, 2.24) is 19.3 Å². The Morgan fingerprint density at radius 2 is 1.76 bits per heavy atom. The van der Waals surface area contributed by atoms with E-state index in [0.717, 1.165) is 43.4 Å². The van der Waals surface area contributed by atoms with Crippen molar-refractivity contribution in [3.8, 4) is 5.75 Å². The third-order valence-corrected chi connectivity index (χ3v) is 7.64. The van der Waals surface area contributed by atoms with Crippen LogP contribution in [0.4, 0.5) is 0 Å². The van der Waals surface area contributed by atoms with E-state index in [0.29, 0.717) is 11.5 Å². The van der Waals surface area contributed by atoms with E-state index >= 15 is 0 Å². The lowest BCUT2D eigenvalue weighted by molar-refractivity contribution is 0.174. The molecule has 2 atom stereocenters. The maximum absolute atomic E-state index is 13.3. The molecule has 3 aliphatic rings. The Bertz CT molecular complexity index is 883. The van der Waals surface area contributed by atoms with Crippen molar-refractivity contribution >= 4 is 10.0 Å². The quantitative estimate of drug-likeness (QED) is 0.834. The second-order valence-electron chi connectivity index (χ2n) is 7.06. The van der Waals surface area contributed by atoms with Crippen LogP contribution in [0.25, 0.3) is 0 Å². The van der Waals surface area contributed by atoms with Crippen molar-refractivity contribution in [1.29, 1.82) is 0 Å². The summed E-state index contributed by atoms with van der Waals surface area (Å²) in [5, 5.41) is 8.49. The minimum Gasteiger partial charge on any atom is -0.493 e. The van der Waals surface area contributed by atoms with Gasteiger partial charge in [-0.3, -0.25) is 0 Å². The van der Waals surface area contributed by atoms with Crippen molar-refractivity contribution in [2.75, 3.05) is 6.61 Å². The predicted molar refractivity (Wildman–Crippen MR) is 89.8 cm³/mol. The van der Waals surface area contributed by atoms with Crippen molar-refractivity contribution < 1.29 is 13.2 Å². The predicted octanol–water partition coefficient (Wildman–Crippen LogP) is 1.77. The number of rotatable bonds is 3. The Hall–Kier alpha value is -1.93. The van der Waals surface area contributed by atoms with Gasteiger partial charge in [-0.1, -0.05) is 0 Å². The maximum Gasteiger partial charge on any atom is 0.243 e. The van der Waals surface area contributed by atoms with Crippen molar-refractivity contribution in [2.45, 2.75) is 55.1 Å². The Balaban J connectivity index is 1.45. The molecular weight excluding hydrogens is 340 g/mol. The topological polar surface area (TPSA) is 77.3 Å². The van der Waals surface area contributed by atoms with Gasteiger partial charge in [-0.2, -0.15) is 19.3 Å². The molecule has 25 heavy (non-hydrogen) atoms. The number of hydrogen-bond donors (Lipinski definition) is 0. The van der Waals surface area contributed by atoms with E-state index in [1.165, 1.54) is 0 Å². The summed E-state index contributed by atoms with van der Waals surface area (Å²) in [5.41, 5.74) is 0.990. The first-order valence-electron chi connectivity index (χ1n) is 8.78. The standard InChI is InChI=1S/C17H20N4O3S/c22-25(23,16-3-4-17-12(9-16)5-8-24-17)20-13-1-2-14(20)11-15(10-13)21-18-6-7-19-21/h3-4,6-7,9,13-15H,1-2,5,8,10-11H2. The highest BCUT2D eigenvalue weighted by molar-refractivity contribution is 7.89. The first kappa shape index (κ1) is 15.3. The molecule has 8 heteroatoms. The Labute approximate surface area is 146 Å². The Kier molecular flexibility index (Phi) is 3.40. The summed E-state index contributed by atoms with van der Waals surface area (Å²) in [7, 11) is -3.48. The lowest BCUT2D eigenvalue weighted by atomic mass is 10.0. The lowest BCUT2D eigenvalue weighted by Gasteiger charge is -2.37.